The van der Waals surface area contributed by atoms with Crippen molar-refractivity contribution in [3.63, 3.8) is 0 Å². The second-order valence-electron chi connectivity index (χ2n) is 4.81. The fourth-order valence-corrected chi connectivity index (χ4v) is 2.50. The summed E-state index contributed by atoms with van der Waals surface area (Å²) in [4.78, 5) is 2.21. The maximum absolute atomic E-state index is 13.7. The van der Waals surface area contributed by atoms with Crippen LogP contribution in [0.4, 0.5) is 4.39 Å². The van der Waals surface area contributed by atoms with E-state index in [-0.39, 0.29) is 18.5 Å². The van der Waals surface area contributed by atoms with Gasteiger partial charge in [0.15, 0.2) is 0 Å². The number of likely N-dealkylation sites (tertiary alicyclic amines) is 1. The van der Waals surface area contributed by atoms with Gasteiger partial charge in [0.05, 0.1) is 19.3 Å². The van der Waals surface area contributed by atoms with E-state index in [1.807, 2.05) is 0 Å². The van der Waals surface area contributed by atoms with Crippen LogP contribution in [0.3, 0.4) is 0 Å². The summed E-state index contributed by atoms with van der Waals surface area (Å²) in [5, 5.41) is 9.14. The van der Waals surface area contributed by atoms with E-state index in [0.717, 1.165) is 25.9 Å². The Bertz CT molecular complexity index is 408. The third-order valence-corrected chi connectivity index (χ3v) is 3.62. The first-order valence-electron chi connectivity index (χ1n) is 6.58. The molecule has 3 nitrogen and oxygen atoms in total. The van der Waals surface area contributed by atoms with E-state index in [1.54, 1.807) is 12.1 Å². The van der Waals surface area contributed by atoms with Crippen LogP contribution in [0.5, 0.6) is 0 Å². The fraction of sp³-hybridized carbons (Fsp3) is 0.571. The van der Waals surface area contributed by atoms with Gasteiger partial charge >= 0.3 is 0 Å². The van der Waals surface area contributed by atoms with Crippen LogP contribution in [0.25, 0.3) is 0 Å². The predicted molar refractivity (Wildman–Crippen MR) is 72.7 cm³/mol. The van der Waals surface area contributed by atoms with E-state index in [9.17, 15) is 4.39 Å². The maximum atomic E-state index is 13.7. The van der Waals surface area contributed by atoms with Crippen LogP contribution >= 0.6 is 11.6 Å². The van der Waals surface area contributed by atoms with Crippen LogP contribution in [-0.4, -0.2) is 42.4 Å². The summed E-state index contributed by atoms with van der Waals surface area (Å²) in [6.07, 6.45) is 2.07. The number of aliphatic hydroxyl groups excluding tert-OH is 1. The van der Waals surface area contributed by atoms with E-state index in [2.05, 4.69) is 4.90 Å². The Hall–Kier alpha value is -0.680. The number of hydrogen-bond acceptors (Lipinski definition) is 3. The Morgan fingerprint density at radius 3 is 2.74 bits per heavy atom. The highest BCUT2D eigenvalue weighted by Crippen LogP contribution is 2.19. The number of aliphatic hydroxyl groups is 1. The van der Waals surface area contributed by atoms with Gasteiger partial charge in [-0.2, -0.15) is 0 Å². The average molecular weight is 288 g/mol. The largest absolute Gasteiger partial charge is 0.394 e. The van der Waals surface area contributed by atoms with Crippen molar-refractivity contribution in [1.82, 2.24) is 4.90 Å². The van der Waals surface area contributed by atoms with Crippen LogP contribution in [0, 0.1) is 5.82 Å². The molecule has 0 aliphatic carbocycles. The number of piperidine rings is 1. The molecule has 19 heavy (non-hydrogen) atoms. The zero-order valence-electron chi connectivity index (χ0n) is 10.8. The molecule has 5 heteroatoms. The van der Waals surface area contributed by atoms with Crippen LogP contribution < -0.4 is 0 Å². The molecule has 0 atom stereocenters. The van der Waals surface area contributed by atoms with E-state index < -0.39 is 0 Å². The summed E-state index contributed by atoms with van der Waals surface area (Å²) in [6.45, 7) is 2.85. The van der Waals surface area contributed by atoms with E-state index in [4.69, 9.17) is 21.4 Å². The summed E-state index contributed by atoms with van der Waals surface area (Å²) in [6, 6.07) is 4.82. The lowest BCUT2D eigenvalue weighted by atomic mass is 10.1. The molecular formula is C14H19ClFNO2. The molecule has 0 unspecified atom stereocenters. The van der Waals surface area contributed by atoms with Gasteiger partial charge in [-0.05, 0) is 25.0 Å². The highest BCUT2D eigenvalue weighted by molar-refractivity contribution is 6.30. The molecule has 1 aromatic carbocycles. The fourth-order valence-electron chi connectivity index (χ4n) is 2.34. The highest BCUT2D eigenvalue weighted by atomic mass is 35.5. The Labute approximate surface area is 117 Å². The first kappa shape index (κ1) is 14.7. The van der Waals surface area contributed by atoms with Crippen molar-refractivity contribution in [3.05, 3.63) is 34.6 Å². The second kappa shape index (κ2) is 7.20. The standard InChI is InChI=1S/C14H19ClFNO2/c15-12-2-1-11(14(16)9-12)10-17-5-3-13(4-6-17)19-8-7-18/h1-2,9,13,18H,3-8,10H2. The molecule has 106 valence electrons. The molecule has 1 aliphatic rings. The molecule has 1 aromatic rings. The molecule has 1 fully saturated rings. The molecule has 1 saturated heterocycles. The number of benzene rings is 1. The average Bonchev–Trinajstić information content (AvgIpc) is 2.41. The monoisotopic (exact) mass is 287 g/mol. The summed E-state index contributed by atoms with van der Waals surface area (Å²) in [7, 11) is 0. The van der Waals surface area contributed by atoms with Crippen LogP contribution in [0.1, 0.15) is 18.4 Å². The number of hydrogen-bond donors (Lipinski definition) is 1. The van der Waals surface area contributed by atoms with Crippen molar-refractivity contribution in [3.8, 4) is 0 Å². The molecule has 0 amide bonds. The molecular weight excluding hydrogens is 269 g/mol. The minimum atomic E-state index is -0.244. The third kappa shape index (κ3) is 4.42. The Morgan fingerprint density at radius 1 is 1.37 bits per heavy atom. The van der Waals surface area contributed by atoms with Gasteiger partial charge in [0.1, 0.15) is 5.82 Å². The van der Waals surface area contributed by atoms with E-state index in [0.29, 0.717) is 23.7 Å². The number of rotatable bonds is 5. The Morgan fingerprint density at radius 2 is 2.11 bits per heavy atom. The van der Waals surface area contributed by atoms with E-state index in [1.165, 1.54) is 6.07 Å². The smallest absolute Gasteiger partial charge is 0.129 e. The molecule has 0 saturated carbocycles. The zero-order valence-corrected chi connectivity index (χ0v) is 11.6. The minimum Gasteiger partial charge on any atom is -0.394 e. The van der Waals surface area contributed by atoms with Gasteiger partial charge in [-0.25, -0.2) is 4.39 Å². The second-order valence-corrected chi connectivity index (χ2v) is 5.24. The normalized spacial score (nSPS) is 17.8. The van der Waals surface area contributed by atoms with Gasteiger partial charge in [0, 0.05) is 30.2 Å². The van der Waals surface area contributed by atoms with Crippen molar-refractivity contribution >= 4 is 11.6 Å². The van der Waals surface area contributed by atoms with Crippen LogP contribution in [0.15, 0.2) is 18.2 Å². The number of ether oxygens (including phenoxy) is 1. The van der Waals surface area contributed by atoms with Crippen molar-refractivity contribution in [1.29, 1.82) is 0 Å². The van der Waals surface area contributed by atoms with Gasteiger partial charge in [0.2, 0.25) is 0 Å². The lowest BCUT2D eigenvalue weighted by molar-refractivity contribution is -0.00914. The molecule has 1 N–H and O–H groups in total. The lowest BCUT2D eigenvalue weighted by Gasteiger charge is -2.31. The van der Waals surface area contributed by atoms with Crippen molar-refractivity contribution in [2.75, 3.05) is 26.3 Å². The SMILES string of the molecule is OCCOC1CCN(Cc2ccc(Cl)cc2F)CC1. The minimum absolute atomic E-state index is 0.0657. The molecule has 2 rings (SSSR count). The predicted octanol–water partition coefficient (Wildman–Crippen LogP) is 2.45. The molecule has 0 bridgehead atoms. The number of nitrogens with zero attached hydrogens (tertiary/aromatic N) is 1. The lowest BCUT2D eigenvalue weighted by Crippen LogP contribution is -2.37. The summed E-state index contributed by atoms with van der Waals surface area (Å²) in [5.74, 6) is -0.244. The molecule has 0 aromatic heterocycles. The van der Waals surface area contributed by atoms with Crippen molar-refractivity contribution in [2.24, 2.45) is 0 Å². The Kier molecular flexibility index (Phi) is 5.58. The van der Waals surface area contributed by atoms with E-state index >= 15 is 0 Å². The van der Waals surface area contributed by atoms with Crippen LogP contribution in [0.2, 0.25) is 5.02 Å². The van der Waals surface area contributed by atoms with Crippen LogP contribution in [-0.2, 0) is 11.3 Å². The molecule has 0 spiro atoms. The van der Waals surface area contributed by atoms with Gasteiger partial charge < -0.3 is 9.84 Å². The first-order valence-corrected chi connectivity index (χ1v) is 6.95. The molecule has 1 aliphatic heterocycles. The van der Waals surface area contributed by atoms with Gasteiger partial charge in [-0.1, -0.05) is 17.7 Å². The maximum Gasteiger partial charge on any atom is 0.129 e. The molecule has 0 radical (unpaired) electrons. The first-order chi connectivity index (χ1) is 9.19. The van der Waals surface area contributed by atoms with Gasteiger partial charge in [-0.3, -0.25) is 4.90 Å². The van der Waals surface area contributed by atoms with Gasteiger partial charge in [-0.15, -0.1) is 0 Å². The summed E-state index contributed by atoms with van der Waals surface area (Å²) < 4.78 is 19.2. The van der Waals surface area contributed by atoms with Gasteiger partial charge in [0.25, 0.3) is 0 Å². The third-order valence-electron chi connectivity index (χ3n) is 3.39. The van der Waals surface area contributed by atoms with Crippen molar-refractivity contribution < 1.29 is 14.2 Å². The highest BCUT2D eigenvalue weighted by Gasteiger charge is 2.20. The summed E-state index contributed by atoms with van der Waals surface area (Å²) in [5.41, 5.74) is 0.680. The van der Waals surface area contributed by atoms with Crippen molar-refractivity contribution in [2.45, 2.75) is 25.5 Å². The zero-order chi connectivity index (χ0) is 13.7. The number of halogens is 2. The summed E-state index contributed by atoms with van der Waals surface area (Å²) >= 11 is 5.74. The quantitative estimate of drug-likeness (QED) is 0.903. The molecule has 1 heterocycles. The topological polar surface area (TPSA) is 32.7 Å². The Balaban J connectivity index is 1.82.